The molecule has 0 amide bonds. The van der Waals surface area contributed by atoms with Crippen LogP contribution in [0.3, 0.4) is 0 Å². The highest BCUT2D eigenvalue weighted by atomic mass is 79.9. The molecule has 0 unspecified atom stereocenters. The van der Waals surface area contributed by atoms with Crippen LogP contribution in [0.1, 0.15) is 0 Å². The monoisotopic (exact) mass is 358 g/mol. The largest absolute Gasteiger partial charge is 0.123 e. The first-order valence-corrected chi connectivity index (χ1v) is 8.21. The third-order valence-electron chi connectivity index (χ3n) is 3.04. The van der Waals surface area contributed by atoms with Crippen molar-refractivity contribution in [3.8, 4) is 21.6 Å². The zero-order valence-corrected chi connectivity index (χ0v) is 13.8. The molecule has 0 aliphatic carbocycles. The lowest BCUT2D eigenvalue weighted by molar-refractivity contribution is 1.61. The zero-order chi connectivity index (χ0) is 13.9. The Morgan fingerprint density at radius 3 is 2.10 bits per heavy atom. The average Bonchev–Trinajstić information content (AvgIpc) is 2.49. The molecule has 0 saturated carbocycles. The summed E-state index contributed by atoms with van der Waals surface area (Å²) in [6.45, 7) is 0. The molecule has 0 radical (unpaired) electrons. The van der Waals surface area contributed by atoms with Gasteiger partial charge in [0, 0.05) is 14.9 Å². The van der Waals surface area contributed by atoms with Crippen molar-refractivity contribution in [1.29, 1.82) is 0 Å². The van der Waals surface area contributed by atoms with E-state index in [2.05, 4.69) is 52.3 Å². The van der Waals surface area contributed by atoms with Gasteiger partial charge in [-0.15, -0.1) is 11.3 Å². The SMILES string of the molecule is S=c1sc(-c2ccccc2)ccc1-c1ccc(Br)cc1. The van der Waals surface area contributed by atoms with Gasteiger partial charge in [-0.2, -0.15) is 0 Å². The van der Waals surface area contributed by atoms with Gasteiger partial charge in [-0.3, -0.25) is 0 Å². The Labute approximate surface area is 135 Å². The van der Waals surface area contributed by atoms with Crippen LogP contribution in [0.15, 0.2) is 71.2 Å². The summed E-state index contributed by atoms with van der Waals surface area (Å²) in [5.41, 5.74) is 3.50. The second-order valence-electron chi connectivity index (χ2n) is 4.37. The van der Waals surface area contributed by atoms with Crippen molar-refractivity contribution in [2.24, 2.45) is 0 Å². The van der Waals surface area contributed by atoms with E-state index in [9.17, 15) is 0 Å². The summed E-state index contributed by atoms with van der Waals surface area (Å²) in [5.74, 6) is 0. The highest BCUT2D eigenvalue weighted by Crippen LogP contribution is 2.31. The summed E-state index contributed by atoms with van der Waals surface area (Å²) in [6.07, 6.45) is 0. The first-order chi connectivity index (χ1) is 9.74. The minimum Gasteiger partial charge on any atom is -0.123 e. The fourth-order valence-corrected chi connectivity index (χ4v) is 3.62. The number of rotatable bonds is 2. The molecule has 0 atom stereocenters. The quantitative estimate of drug-likeness (QED) is 0.466. The maximum Gasteiger partial charge on any atom is 0.0983 e. The van der Waals surface area contributed by atoms with Crippen LogP contribution in [-0.4, -0.2) is 0 Å². The van der Waals surface area contributed by atoms with Crippen LogP contribution in [0, 0.1) is 3.82 Å². The molecular formula is C17H11BrS2. The van der Waals surface area contributed by atoms with Gasteiger partial charge >= 0.3 is 0 Å². The zero-order valence-electron chi connectivity index (χ0n) is 10.5. The van der Waals surface area contributed by atoms with E-state index in [-0.39, 0.29) is 0 Å². The van der Waals surface area contributed by atoms with E-state index in [1.165, 1.54) is 10.4 Å². The minimum absolute atomic E-state index is 0.925. The van der Waals surface area contributed by atoms with Crippen molar-refractivity contribution >= 4 is 39.5 Å². The lowest BCUT2D eigenvalue weighted by atomic mass is 10.1. The summed E-state index contributed by atoms with van der Waals surface area (Å²) < 4.78 is 2.01. The molecule has 0 aliphatic heterocycles. The van der Waals surface area contributed by atoms with Gasteiger partial charge in [0.2, 0.25) is 0 Å². The average molecular weight is 359 g/mol. The van der Waals surface area contributed by atoms with Crippen LogP contribution >= 0.6 is 39.5 Å². The molecule has 0 aliphatic rings. The lowest BCUT2D eigenvalue weighted by Crippen LogP contribution is -1.79. The van der Waals surface area contributed by atoms with E-state index in [1.807, 2.05) is 30.3 Å². The van der Waals surface area contributed by atoms with E-state index < -0.39 is 0 Å². The van der Waals surface area contributed by atoms with Gasteiger partial charge in [-0.25, -0.2) is 0 Å². The number of benzene rings is 2. The van der Waals surface area contributed by atoms with Gasteiger partial charge in [-0.05, 0) is 29.3 Å². The van der Waals surface area contributed by atoms with Gasteiger partial charge in [0.15, 0.2) is 0 Å². The summed E-state index contributed by atoms with van der Waals surface area (Å²) in [6, 6.07) is 22.9. The molecule has 3 aromatic rings. The molecule has 0 N–H and O–H groups in total. The number of hydrogen-bond acceptors (Lipinski definition) is 2. The number of hydrogen-bond donors (Lipinski definition) is 0. The van der Waals surface area contributed by atoms with Crippen LogP contribution in [-0.2, 0) is 0 Å². The predicted octanol–water partition coefficient (Wildman–Crippen LogP) is 6.57. The Balaban J connectivity index is 2.04. The lowest BCUT2D eigenvalue weighted by Gasteiger charge is -2.05. The molecule has 20 heavy (non-hydrogen) atoms. The van der Waals surface area contributed by atoms with Gasteiger partial charge < -0.3 is 0 Å². The van der Waals surface area contributed by atoms with Crippen molar-refractivity contribution in [3.05, 3.63) is 75.0 Å². The summed E-state index contributed by atoms with van der Waals surface area (Å²) in [7, 11) is 0. The van der Waals surface area contributed by atoms with Crippen LogP contribution < -0.4 is 0 Å². The molecule has 0 fully saturated rings. The van der Waals surface area contributed by atoms with Gasteiger partial charge in [0.1, 0.15) is 0 Å². The second-order valence-corrected chi connectivity index (χ2v) is 7.01. The molecule has 0 bridgehead atoms. The first-order valence-electron chi connectivity index (χ1n) is 6.19. The minimum atomic E-state index is 0.925. The Bertz CT molecular complexity index is 774. The Morgan fingerprint density at radius 2 is 1.45 bits per heavy atom. The van der Waals surface area contributed by atoms with E-state index in [0.717, 1.165) is 19.4 Å². The van der Waals surface area contributed by atoms with Gasteiger partial charge in [0.25, 0.3) is 0 Å². The van der Waals surface area contributed by atoms with Gasteiger partial charge in [-0.1, -0.05) is 76.7 Å². The van der Waals surface area contributed by atoms with Crippen molar-refractivity contribution < 1.29 is 0 Å². The Morgan fingerprint density at radius 1 is 0.750 bits per heavy atom. The molecule has 3 rings (SSSR count). The van der Waals surface area contributed by atoms with Gasteiger partial charge in [0.05, 0.1) is 3.82 Å². The first kappa shape index (κ1) is 13.7. The van der Waals surface area contributed by atoms with E-state index in [0.29, 0.717) is 0 Å². The summed E-state index contributed by atoms with van der Waals surface area (Å²) in [5, 5.41) is 0. The highest BCUT2D eigenvalue weighted by molar-refractivity contribution is 9.10. The third-order valence-corrected chi connectivity index (χ3v) is 5.03. The van der Waals surface area contributed by atoms with E-state index in [4.69, 9.17) is 12.2 Å². The smallest absolute Gasteiger partial charge is 0.0983 e. The summed E-state index contributed by atoms with van der Waals surface area (Å²) >= 11 is 10.7. The van der Waals surface area contributed by atoms with Crippen LogP contribution in [0.25, 0.3) is 21.6 Å². The van der Waals surface area contributed by atoms with Crippen molar-refractivity contribution in [3.63, 3.8) is 0 Å². The van der Waals surface area contributed by atoms with Crippen LogP contribution in [0.4, 0.5) is 0 Å². The van der Waals surface area contributed by atoms with Crippen LogP contribution in [0.2, 0.25) is 0 Å². The fraction of sp³-hybridized carbons (Fsp3) is 0. The highest BCUT2D eigenvalue weighted by Gasteiger charge is 2.04. The van der Waals surface area contributed by atoms with Crippen LogP contribution in [0.5, 0.6) is 0 Å². The maximum atomic E-state index is 5.56. The maximum absolute atomic E-state index is 5.56. The van der Waals surface area contributed by atoms with Crippen molar-refractivity contribution in [1.82, 2.24) is 0 Å². The Hall–Kier alpha value is -1.29. The molecule has 0 spiro atoms. The standard InChI is InChI=1S/C17H11BrS2/c18-14-8-6-12(7-9-14)15-10-11-16(20-17(15)19)13-4-2-1-3-5-13/h1-11H. The molecular weight excluding hydrogens is 348 g/mol. The van der Waals surface area contributed by atoms with E-state index in [1.54, 1.807) is 11.3 Å². The second kappa shape index (κ2) is 6.00. The molecule has 1 aromatic heterocycles. The van der Waals surface area contributed by atoms with Crippen molar-refractivity contribution in [2.75, 3.05) is 0 Å². The molecule has 2 aromatic carbocycles. The molecule has 0 saturated heterocycles. The molecule has 98 valence electrons. The van der Waals surface area contributed by atoms with E-state index >= 15 is 0 Å². The fourth-order valence-electron chi connectivity index (χ4n) is 2.02. The summed E-state index contributed by atoms with van der Waals surface area (Å²) in [4.78, 5) is 1.21. The van der Waals surface area contributed by atoms with Crippen molar-refractivity contribution in [2.45, 2.75) is 0 Å². The molecule has 0 nitrogen and oxygen atoms in total. The molecule has 1 heterocycles. The predicted molar refractivity (Wildman–Crippen MR) is 93.7 cm³/mol. The topological polar surface area (TPSA) is 0 Å². The Kier molecular flexibility index (Phi) is 4.10. The number of halogens is 1. The normalized spacial score (nSPS) is 10.4. The third kappa shape index (κ3) is 2.90. The molecule has 3 heteroatoms.